The second-order valence-corrected chi connectivity index (χ2v) is 2.96. The van der Waals surface area contributed by atoms with Crippen LogP contribution in [-0.4, -0.2) is 24.1 Å². The Balaban J connectivity index is 2.50. The summed E-state index contributed by atoms with van der Waals surface area (Å²) < 4.78 is 25.4. The molecule has 1 rings (SSSR count). The maximum absolute atomic E-state index is 12.7. The lowest BCUT2D eigenvalue weighted by Crippen LogP contribution is -2.35. The largest absolute Gasteiger partial charge is 0.508 e. The first-order valence-electron chi connectivity index (χ1n) is 4.14. The summed E-state index contributed by atoms with van der Waals surface area (Å²) in [7, 11) is 0. The number of hydrogen-bond acceptors (Lipinski definition) is 3. The molecular weight excluding hydrogens is 190 g/mol. The van der Waals surface area contributed by atoms with E-state index in [0.29, 0.717) is 5.69 Å². The number of nitrogens with two attached hydrogens (primary N) is 1. The van der Waals surface area contributed by atoms with Crippen molar-refractivity contribution in [3.8, 4) is 5.75 Å². The van der Waals surface area contributed by atoms with Crippen LogP contribution in [0.5, 0.6) is 5.75 Å². The van der Waals surface area contributed by atoms with E-state index in [1.54, 1.807) is 0 Å². The molecule has 0 atom stereocenters. The van der Waals surface area contributed by atoms with Gasteiger partial charge in [0, 0.05) is 5.69 Å². The number of halogens is 2. The van der Waals surface area contributed by atoms with E-state index in [2.05, 4.69) is 5.32 Å². The molecule has 0 unspecified atom stereocenters. The topological polar surface area (TPSA) is 58.3 Å². The van der Waals surface area contributed by atoms with Gasteiger partial charge in [-0.25, -0.2) is 8.78 Å². The van der Waals surface area contributed by atoms with E-state index in [0.717, 1.165) is 0 Å². The van der Waals surface area contributed by atoms with Gasteiger partial charge in [-0.1, -0.05) is 0 Å². The monoisotopic (exact) mass is 202 g/mol. The van der Waals surface area contributed by atoms with Crippen LogP contribution in [0, 0.1) is 0 Å². The van der Waals surface area contributed by atoms with Crippen molar-refractivity contribution in [3.63, 3.8) is 0 Å². The van der Waals surface area contributed by atoms with Crippen LogP contribution in [0.4, 0.5) is 14.5 Å². The van der Waals surface area contributed by atoms with Gasteiger partial charge >= 0.3 is 0 Å². The second kappa shape index (κ2) is 4.23. The molecular formula is C9H12F2N2O. The van der Waals surface area contributed by atoms with Crippen LogP contribution in [0.3, 0.4) is 0 Å². The minimum Gasteiger partial charge on any atom is -0.508 e. The first kappa shape index (κ1) is 10.7. The van der Waals surface area contributed by atoms with Crippen molar-refractivity contribution in [2.24, 2.45) is 5.73 Å². The summed E-state index contributed by atoms with van der Waals surface area (Å²) in [5.41, 5.74) is 5.39. The standard InChI is InChI=1S/C9H12F2N2O/c10-9(11,5-12)6-13-7-1-3-8(14)4-2-7/h1-4,13-14H,5-6,12H2. The average Bonchev–Trinajstić information content (AvgIpc) is 2.17. The smallest absolute Gasteiger partial charge is 0.276 e. The van der Waals surface area contributed by atoms with Crippen molar-refractivity contribution in [3.05, 3.63) is 24.3 Å². The molecule has 0 amide bonds. The van der Waals surface area contributed by atoms with Crippen LogP contribution >= 0.6 is 0 Å². The summed E-state index contributed by atoms with van der Waals surface area (Å²) >= 11 is 0. The third-order valence-corrected chi connectivity index (χ3v) is 1.72. The Kier molecular flexibility index (Phi) is 3.24. The lowest BCUT2D eigenvalue weighted by Gasteiger charge is -2.15. The molecule has 0 bridgehead atoms. The average molecular weight is 202 g/mol. The number of phenols is 1. The number of phenolic OH excluding ortho intramolecular Hbond substituents is 1. The minimum atomic E-state index is -2.90. The number of benzene rings is 1. The molecule has 1 aromatic carbocycles. The maximum Gasteiger partial charge on any atom is 0.276 e. The number of rotatable bonds is 4. The lowest BCUT2D eigenvalue weighted by atomic mass is 10.3. The molecule has 0 saturated heterocycles. The number of alkyl halides is 2. The van der Waals surface area contributed by atoms with E-state index < -0.39 is 19.0 Å². The van der Waals surface area contributed by atoms with Crippen LogP contribution in [0.25, 0.3) is 0 Å². The molecule has 0 fully saturated rings. The highest BCUT2D eigenvalue weighted by Gasteiger charge is 2.25. The highest BCUT2D eigenvalue weighted by Crippen LogP contribution is 2.16. The molecule has 0 heterocycles. The summed E-state index contributed by atoms with van der Waals surface area (Å²) in [5, 5.41) is 11.5. The second-order valence-electron chi connectivity index (χ2n) is 2.96. The lowest BCUT2D eigenvalue weighted by molar-refractivity contribution is 0.0254. The Bertz CT molecular complexity index is 287. The zero-order valence-corrected chi connectivity index (χ0v) is 7.50. The fourth-order valence-electron chi connectivity index (χ4n) is 0.883. The van der Waals surface area contributed by atoms with Crippen molar-refractivity contribution in [2.75, 3.05) is 18.4 Å². The number of hydrogen-bond donors (Lipinski definition) is 3. The molecule has 0 aromatic heterocycles. The Labute approximate surface area is 80.5 Å². The summed E-state index contributed by atoms with van der Waals surface area (Å²) in [4.78, 5) is 0. The fourth-order valence-corrected chi connectivity index (χ4v) is 0.883. The van der Waals surface area contributed by atoms with Crippen LogP contribution in [0.2, 0.25) is 0 Å². The summed E-state index contributed by atoms with van der Waals surface area (Å²) in [5.74, 6) is -2.81. The van der Waals surface area contributed by atoms with Crippen molar-refractivity contribution >= 4 is 5.69 Å². The molecule has 0 radical (unpaired) electrons. The van der Waals surface area contributed by atoms with Gasteiger partial charge in [0.05, 0.1) is 13.1 Å². The first-order valence-corrected chi connectivity index (χ1v) is 4.14. The molecule has 0 saturated carbocycles. The quantitative estimate of drug-likeness (QED) is 0.647. The van der Waals surface area contributed by atoms with E-state index in [1.807, 2.05) is 0 Å². The van der Waals surface area contributed by atoms with Gasteiger partial charge in [-0.3, -0.25) is 0 Å². The summed E-state index contributed by atoms with van der Waals surface area (Å²) in [6, 6.07) is 5.87. The summed E-state index contributed by atoms with van der Waals surface area (Å²) in [6.07, 6.45) is 0. The molecule has 78 valence electrons. The van der Waals surface area contributed by atoms with Gasteiger partial charge in [-0.2, -0.15) is 0 Å². The zero-order valence-electron chi connectivity index (χ0n) is 7.50. The highest BCUT2D eigenvalue weighted by atomic mass is 19.3. The van der Waals surface area contributed by atoms with Gasteiger partial charge in [0.15, 0.2) is 0 Å². The number of aromatic hydroxyl groups is 1. The third-order valence-electron chi connectivity index (χ3n) is 1.72. The predicted octanol–water partition coefficient (Wildman–Crippen LogP) is 1.40. The van der Waals surface area contributed by atoms with Crippen molar-refractivity contribution in [2.45, 2.75) is 5.92 Å². The Hall–Kier alpha value is -1.36. The molecule has 5 heteroatoms. The summed E-state index contributed by atoms with van der Waals surface area (Å²) in [6.45, 7) is -1.19. The predicted molar refractivity (Wildman–Crippen MR) is 50.6 cm³/mol. The molecule has 14 heavy (non-hydrogen) atoms. The van der Waals surface area contributed by atoms with E-state index in [1.165, 1.54) is 24.3 Å². The third kappa shape index (κ3) is 3.18. The van der Waals surface area contributed by atoms with Gasteiger partial charge in [-0.15, -0.1) is 0 Å². The van der Waals surface area contributed by atoms with E-state index >= 15 is 0 Å². The van der Waals surface area contributed by atoms with Crippen LogP contribution < -0.4 is 11.1 Å². The van der Waals surface area contributed by atoms with Crippen LogP contribution in [0.15, 0.2) is 24.3 Å². The van der Waals surface area contributed by atoms with Gasteiger partial charge in [0.25, 0.3) is 5.92 Å². The molecule has 3 nitrogen and oxygen atoms in total. The first-order chi connectivity index (χ1) is 6.53. The normalized spacial score (nSPS) is 11.4. The minimum absolute atomic E-state index is 0.0983. The Morgan fingerprint density at radius 1 is 1.29 bits per heavy atom. The molecule has 4 N–H and O–H groups in total. The van der Waals surface area contributed by atoms with Crippen molar-refractivity contribution in [1.29, 1.82) is 0 Å². The zero-order chi connectivity index (χ0) is 10.6. The molecule has 0 aliphatic carbocycles. The number of anilines is 1. The molecule has 0 aliphatic heterocycles. The molecule has 0 aliphatic rings. The fraction of sp³-hybridized carbons (Fsp3) is 0.333. The van der Waals surface area contributed by atoms with E-state index in [9.17, 15) is 8.78 Å². The maximum atomic E-state index is 12.7. The van der Waals surface area contributed by atoms with Gasteiger partial charge < -0.3 is 16.2 Å². The van der Waals surface area contributed by atoms with E-state index in [-0.39, 0.29) is 5.75 Å². The molecule has 0 spiro atoms. The Morgan fingerprint density at radius 3 is 2.36 bits per heavy atom. The SMILES string of the molecule is NCC(F)(F)CNc1ccc(O)cc1. The van der Waals surface area contributed by atoms with Gasteiger partial charge in [0.2, 0.25) is 0 Å². The van der Waals surface area contributed by atoms with Gasteiger partial charge in [-0.05, 0) is 24.3 Å². The van der Waals surface area contributed by atoms with Crippen LogP contribution in [-0.2, 0) is 0 Å². The molecule has 1 aromatic rings. The Morgan fingerprint density at radius 2 is 1.86 bits per heavy atom. The van der Waals surface area contributed by atoms with Crippen LogP contribution in [0.1, 0.15) is 0 Å². The van der Waals surface area contributed by atoms with Crippen molar-refractivity contribution in [1.82, 2.24) is 0 Å². The van der Waals surface area contributed by atoms with Crippen molar-refractivity contribution < 1.29 is 13.9 Å². The van der Waals surface area contributed by atoms with Gasteiger partial charge in [0.1, 0.15) is 5.75 Å². The van der Waals surface area contributed by atoms with E-state index in [4.69, 9.17) is 10.8 Å². The highest BCUT2D eigenvalue weighted by molar-refractivity contribution is 5.46. The number of nitrogens with one attached hydrogen (secondary N) is 1.